The fraction of sp³-hybridized carbons (Fsp3) is 0.611. The number of hydrogen-bond acceptors (Lipinski definition) is 5. The van der Waals surface area contributed by atoms with Crippen molar-refractivity contribution in [2.24, 2.45) is 11.8 Å². The summed E-state index contributed by atoms with van der Waals surface area (Å²) in [5.74, 6) is 0.486. The Bertz CT molecular complexity index is 559. The Labute approximate surface area is 139 Å². The van der Waals surface area contributed by atoms with Crippen molar-refractivity contribution in [1.29, 1.82) is 10.5 Å². The maximum Gasteiger partial charge on any atom is 0.0669 e. The summed E-state index contributed by atoms with van der Waals surface area (Å²) in [6.07, 6.45) is 6.05. The van der Waals surface area contributed by atoms with E-state index in [2.05, 4.69) is 47.1 Å². The SMILES string of the molecule is CN(C[C@@H](C#N)CCC#N)C[C@@H]1CCN(C)[C@H]1c1cccnc1. The summed E-state index contributed by atoms with van der Waals surface area (Å²) < 4.78 is 0. The molecule has 3 atom stereocenters. The molecule has 0 unspecified atom stereocenters. The molecular formula is C18H25N5. The molecule has 1 fully saturated rings. The summed E-state index contributed by atoms with van der Waals surface area (Å²) in [6, 6.07) is 9.00. The van der Waals surface area contributed by atoms with Gasteiger partial charge in [0.1, 0.15) is 0 Å². The predicted molar refractivity (Wildman–Crippen MR) is 89.2 cm³/mol. The van der Waals surface area contributed by atoms with Crippen LogP contribution >= 0.6 is 0 Å². The number of nitriles is 2. The minimum Gasteiger partial charge on any atom is -0.305 e. The van der Waals surface area contributed by atoms with Gasteiger partial charge >= 0.3 is 0 Å². The predicted octanol–water partition coefficient (Wildman–Crippen LogP) is 2.45. The first-order valence-electron chi connectivity index (χ1n) is 8.21. The lowest BCUT2D eigenvalue weighted by Crippen LogP contribution is -2.33. The number of likely N-dealkylation sites (tertiary alicyclic amines) is 1. The van der Waals surface area contributed by atoms with Crippen molar-refractivity contribution in [3.05, 3.63) is 30.1 Å². The molecule has 1 aromatic rings. The highest BCUT2D eigenvalue weighted by molar-refractivity contribution is 5.17. The van der Waals surface area contributed by atoms with E-state index < -0.39 is 0 Å². The Morgan fingerprint density at radius 2 is 2.30 bits per heavy atom. The van der Waals surface area contributed by atoms with Crippen LogP contribution in [0, 0.1) is 34.5 Å². The smallest absolute Gasteiger partial charge is 0.0669 e. The first kappa shape index (κ1) is 17.4. The molecule has 0 aromatic carbocycles. The van der Waals surface area contributed by atoms with Crippen molar-refractivity contribution in [3.8, 4) is 12.1 Å². The Balaban J connectivity index is 1.95. The van der Waals surface area contributed by atoms with E-state index in [9.17, 15) is 5.26 Å². The minimum atomic E-state index is -0.0596. The lowest BCUT2D eigenvalue weighted by molar-refractivity contribution is 0.206. The van der Waals surface area contributed by atoms with Crippen molar-refractivity contribution < 1.29 is 0 Å². The molecule has 1 aromatic heterocycles. The van der Waals surface area contributed by atoms with Gasteiger partial charge in [-0.1, -0.05) is 6.07 Å². The molecule has 1 saturated heterocycles. The molecule has 0 radical (unpaired) electrons. The topological polar surface area (TPSA) is 67.0 Å². The first-order valence-corrected chi connectivity index (χ1v) is 8.21. The average Bonchev–Trinajstić information content (AvgIpc) is 2.92. The third-order valence-corrected chi connectivity index (χ3v) is 4.67. The highest BCUT2D eigenvalue weighted by Gasteiger charge is 2.33. The number of pyridine rings is 1. The van der Waals surface area contributed by atoms with E-state index in [1.807, 2.05) is 18.5 Å². The minimum absolute atomic E-state index is 0.0596. The lowest BCUT2D eigenvalue weighted by atomic mass is 9.94. The second-order valence-electron chi connectivity index (χ2n) is 6.50. The zero-order valence-corrected chi connectivity index (χ0v) is 14.0. The fourth-order valence-corrected chi connectivity index (χ4v) is 3.58. The van der Waals surface area contributed by atoms with Gasteiger partial charge in [0, 0.05) is 37.9 Å². The molecule has 5 heteroatoms. The van der Waals surface area contributed by atoms with Crippen LogP contribution in [-0.4, -0.2) is 48.5 Å². The van der Waals surface area contributed by atoms with Gasteiger partial charge in [0.2, 0.25) is 0 Å². The summed E-state index contributed by atoms with van der Waals surface area (Å²) in [6.45, 7) is 2.79. The monoisotopic (exact) mass is 311 g/mol. The maximum atomic E-state index is 9.23. The molecule has 2 rings (SSSR count). The first-order chi connectivity index (χ1) is 11.2. The fourth-order valence-electron chi connectivity index (χ4n) is 3.58. The van der Waals surface area contributed by atoms with Crippen LogP contribution in [-0.2, 0) is 0 Å². The second-order valence-corrected chi connectivity index (χ2v) is 6.50. The van der Waals surface area contributed by atoms with Crippen LogP contribution in [0.2, 0.25) is 0 Å². The maximum absolute atomic E-state index is 9.23. The van der Waals surface area contributed by atoms with E-state index in [4.69, 9.17) is 5.26 Å². The summed E-state index contributed by atoms with van der Waals surface area (Å²) in [4.78, 5) is 8.90. The van der Waals surface area contributed by atoms with Gasteiger partial charge in [0.05, 0.1) is 18.1 Å². The summed E-state index contributed by atoms with van der Waals surface area (Å²) in [5.41, 5.74) is 1.27. The van der Waals surface area contributed by atoms with Crippen LogP contribution in [0.1, 0.15) is 30.9 Å². The van der Waals surface area contributed by atoms with E-state index in [0.29, 0.717) is 24.8 Å². The molecule has 5 nitrogen and oxygen atoms in total. The number of hydrogen-bond donors (Lipinski definition) is 0. The Morgan fingerprint density at radius 3 is 2.96 bits per heavy atom. The third-order valence-electron chi connectivity index (χ3n) is 4.67. The average molecular weight is 311 g/mol. The molecule has 0 bridgehead atoms. The molecule has 2 heterocycles. The van der Waals surface area contributed by atoms with Crippen LogP contribution in [0.15, 0.2) is 24.5 Å². The van der Waals surface area contributed by atoms with E-state index in [1.54, 1.807) is 0 Å². The van der Waals surface area contributed by atoms with Gasteiger partial charge in [0.15, 0.2) is 0 Å². The van der Waals surface area contributed by atoms with Crippen molar-refractivity contribution in [2.75, 3.05) is 33.7 Å². The lowest BCUT2D eigenvalue weighted by Gasteiger charge is -2.29. The van der Waals surface area contributed by atoms with E-state index in [-0.39, 0.29) is 5.92 Å². The van der Waals surface area contributed by atoms with Crippen molar-refractivity contribution >= 4 is 0 Å². The van der Waals surface area contributed by atoms with Crippen LogP contribution in [0.4, 0.5) is 0 Å². The number of rotatable bonds is 7. The zero-order chi connectivity index (χ0) is 16.7. The van der Waals surface area contributed by atoms with E-state index in [0.717, 1.165) is 26.1 Å². The third kappa shape index (κ3) is 4.76. The molecule has 23 heavy (non-hydrogen) atoms. The van der Waals surface area contributed by atoms with Crippen molar-refractivity contribution in [1.82, 2.24) is 14.8 Å². The van der Waals surface area contributed by atoms with Gasteiger partial charge in [-0.3, -0.25) is 9.88 Å². The Kier molecular flexibility index (Phi) is 6.52. The Morgan fingerprint density at radius 1 is 1.48 bits per heavy atom. The van der Waals surface area contributed by atoms with Crippen LogP contribution < -0.4 is 0 Å². The zero-order valence-electron chi connectivity index (χ0n) is 14.0. The summed E-state index contributed by atoms with van der Waals surface area (Å²) in [5, 5.41) is 17.9. The molecule has 1 aliphatic rings. The molecule has 0 amide bonds. The van der Waals surface area contributed by atoms with Gasteiger partial charge in [-0.15, -0.1) is 0 Å². The largest absolute Gasteiger partial charge is 0.305 e. The van der Waals surface area contributed by atoms with Crippen LogP contribution in [0.5, 0.6) is 0 Å². The van der Waals surface area contributed by atoms with Gasteiger partial charge in [-0.05, 0) is 51.0 Å². The normalized spacial score (nSPS) is 22.7. The van der Waals surface area contributed by atoms with Gasteiger partial charge in [-0.25, -0.2) is 0 Å². The van der Waals surface area contributed by atoms with Crippen LogP contribution in [0.25, 0.3) is 0 Å². The molecule has 0 spiro atoms. The molecule has 0 saturated carbocycles. The number of nitrogens with zero attached hydrogens (tertiary/aromatic N) is 5. The Hall–Kier alpha value is -1.95. The molecule has 122 valence electrons. The summed E-state index contributed by atoms with van der Waals surface area (Å²) in [7, 11) is 4.25. The quantitative estimate of drug-likeness (QED) is 0.774. The van der Waals surface area contributed by atoms with Gasteiger partial charge in [0.25, 0.3) is 0 Å². The molecule has 0 aliphatic carbocycles. The van der Waals surface area contributed by atoms with Crippen molar-refractivity contribution in [3.63, 3.8) is 0 Å². The molecular weight excluding hydrogens is 286 g/mol. The standard InChI is InChI=1S/C18H25N5/c1-22(13-15(11-20)5-3-8-19)14-17-7-10-23(2)18(17)16-6-4-9-21-12-16/h4,6,9,12,15,17-18H,3,5,7,10,13-14H2,1-2H3/t15-,17+,18+/m1/s1. The molecule has 1 aliphatic heterocycles. The number of aromatic nitrogens is 1. The van der Waals surface area contributed by atoms with Gasteiger partial charge < -0.3 is 4.90 Å². The highest BCUT2D eigenvalue weighted by Crippen LogP contribution is 2.36. The molecule has 0 N–H and O–H groups in total. The van der Waals surface area contributed by atoms with Crippen LogP contribution in [0.3, 0.4) is 0 Å². The summed E-state index contributed by atoms with van der Waals surface area (Å²) >= 11 is 0. The van der Waals surface area contributed by atoms with Crippen molar-refractivity contribution in [2.45, 2.75) is 25.3 Å². The van der Waals surface area contributed by atoms with Gasteiger partial charge in [-0.2, -0.15) is 10.5 Å². The van der Waals surface area contributed by atoms with E-state index in [1.165, 1.54) is 5.56 Å². The second kappa shape index (κ2) is 8.62. The highest BCUT2D eigenvalue weighted by atomic mass is 15.2. The van der Waals surface area contributed by atoms with E-state index >= 15 is 0 Å².